The molecule has 114 valence electrons. The monoisotopic (exact) mass is 422 g/mol. The zero-order chi connectivity index (χ0) is 15.6. The molecule has 2 rings (SSSR count). The van der Waals surface area contributed by atoms with Gasteiger partial charge in [-0.3, -0.25) is 10.5 Å². The van der Waals surface area contributed by atoms with Crippen LogP contribution in [0.5, 0.6) is 0 Å². The predicted octanol–water partition coefficient (Wildman–Crippen LogP) is 3.65. The molecule has 0 saturated heterocycles. The molecule has 1 heterocycles. The van der Waals surface area contributed by atoms with Crippen LogP contribution in [0.25, 0.3) is 0 Å². The van der Waals surface area contributed by atoms with E-state index in [9.17, 15) is 8.78 Å². The Labute approximate surface area is 137 Å². The molecule has 21 heavy (non-hydrogen) atoms. The second-order valence-electron chi connectivity index (χ2n) is 4.47. The summed E-state index contributed by atoms with van der Waals surface area (Å²) in [5.41, 5.74) is 3.89. The molecule has 0 aliphatic heterocycles. The van der Waals surface area contributed by atoms with E-state index in [0.717, 1.165) is 22.7 Å². The Kier molecular flexibility index (Phi) is 5.48. The van der Waals surface area contributed by atoms with Crippen molar-refractivity contribution in [3.05, 3.63) is 50.2 Å². The molecule has 1 atom stereocenters. The summed E-state index contributed by atoms with van der Waals surface area (Å²) in [5.74, 6) is 3.78. The highest BCUT2D eigenvalue weighted by Gasteiger charge is 2.25. The molecule has 1 aromatic carbocycles. The molecule has 2 aromatic rings. The van der Waals surface area contributed by atoms with Gasteiger partial charge in [0, 0.05) is 6.54 Å². The number of benzene rings is 1. The Morgan fingerprint density at radius 2 is 2.10 bits per heavy atom. The van der Waals surface area contributed by atoms with Gasteiger partial charge in [-0.05, 0) is 49.9 Å². The average molecular weight is 424 g/mol. The average Bonchev–Trinajstić information content (AvgIpc) is 2.82. The summed E-state index contributed by atoms with van der Waals surface area (Å²) in [7, 11) is 0. The van der Waals surface area contributed by atoms with Crippen LogP contribution in [-0.2, 0) is 6.54 Å². The maximum Gasteiger partial charge on any atom is 0.173 e. The van der Waals surface area contributed by atoms with Crippen LogP contribution in [0.15, 0.2) is 27.3 Å². The van der Waals surface area contributed by atoms with Crippen LogP contribution in [0.1, 0.15) is 30.6 Å². The molecular weight excluding hydrogens is 410 g/mol. The zero-order valence-electron chi connectivity index (χ0n) is 11.2. The Bertz CT molecular complexity index is 645. The highest BCUT2D eigenvalue weighted by molar-refractivity contribution is 9.10. The van der Waals surface area contributed by atoms with Crippen molar-refractivity contribution < 1.29 is 8.78 Å². The lowest BCUT2D eigenvalue weighted by Gasteiger charge is -2.20. The number of nitrogens with one attached hydrogen (secondary N) is 1. The number of aryl methyl sites for hydroxylation is 1. The SMILES string of the molecule is CCCn1ncc(Br)c1C(NN)c1ccc(F)c(F)c1Br. The summed E-state index contributed by atoms with van der Waals surface area (Å²) in [6, 6.07) is 2.04. The fourth-order valence-electron chi connectivity index (χ4n) is 2.13. The molecule has 0 spiro atoms. The lowest BCUT2D eigenvalue weighted by molar-refractivity contribution is 0.490. The van der Waals surface area contributed by atoms with Crippen molar-refractivity contribution in [3.63, 3.8) is 0 Å². The summed E-state index contributed by atoms with van der Waals surface area (Å²) < 4.78 is 29.6. The highest BCUT2D eigenvalue weighted by Crippen LogP contribution is 2.34. The van der Waals surface area contributed by atoms with Crippen molar-refractivity contribution in [2.75, 3.05) is 0 Å². The van der Waals surface area contributed by atoms with E-state index < -0.39 is 17.7 Å². The molecule has 0 aliphatic carbocycles. The van der Waals surface area contributed by atoms with E-state index in [1.165, 1.54) is 6.07 Å². The molecule has 3 N–H and O–H groups in total. The van der Waals surface area contributed by atoms with E-state index in [1.807, 2.05) is 6.92 Å². The van der Waals surface area contributed by atoms with Crippen LogP contribution < -0.4 is 11.3 Å². The third-order valence-electron chi connectivity index (χ3n) is 3.08. The first-order valence-corrected chi connectivity index (χ1v) is 7.90. The van der Waals surface area contributed by atoms with Crippen molar-refractivity contribution >= 4 is 31.9 Å². The Balaban J connectivity index is 2.55. The zero-order valence-corrected chi connectivity index (χ0v) is 14.4. The number of hydrazine groups is 1. The van der Waals surface area contributed by atoms with Crippen LogP contribution >= 0.6 is 31.9 Å². The second kappa shape index (κ2) is 6.95. The van der Waals surface area contributed by atoms with Crippen LogP contribution in [0.3, 0.4) is 0 Å². The van der Waals surface area contributed by atoms with Crippen LogP contribution in [-0.4, -0.2) is 9.78 Å². The number of nitrogens with two attached hydrogens (primary N) is 1. The van der Waals surface area contributed by atoms with Gasteiger partial charge in [0.2, 0.25) is 0 Å². The van der Waals surface area contributed by atoms with E-state index in [0.29, 0.717) is 12.1 Å². The number of halogens is 4. The first-order chi connectivity index (χ1) is 10.0. The van der Waals surface area contributed by atoms with E-state index in [2.05, 4.69) is 42.4 Å². The first kappa shape index (κ1) is 16.5. The molecule has 4 nitrogen and oxygen atoms in total. The van der Waals surface area contributed by atoms with Crippen molar-refractivity contribution in [2.24, 2.45) is 5.84 Å². The molecular formula is C13H14Br2F2N4. The maximum absolute atomic E-state index is 13.8. The number of rotatable bonds is 5. The van der Waals surface area contributed by atoms with Crippen molar-refractivity contribution in [1.82, 2.24) is 15.2 Å². The van der Waals surface area contributed by atoms with Gasteiger partial charge in [0.15, 0.2) is 11.6 Å². The number of hydrogen-bond donors (Lipinski definition) is 2. The standard InChI is InChI=1S/C13H14Br2F2N4/c1-2-5-21-13(8(14)6-19-21)12(20-18)7-3-4-9(16)11(17)10(7)15/h3-4,6,12,20H,2,5,18H2,1H3. The van der Waals surface area contributed by atoms with Gasteiger partial charge in [0.1, 0.15) is 0 Å². The van der Waals surface area contributed by atoms with Gasteiger partial charge in [-0.2, -0.15) is 5.10 Å². The minimum atomic E-state index is -0.939. The topological polar surface area (TPSA) is 55.9 Å². The molecule has 0 bridgehead atoms. The molecule has 0 fully saturated rings. The highest BCUT2D eigenvalue weighted by atomic mass is 79.9. The van der Waals surface area contributed by atoms with Gasteiger partial charge in [0.25, 0.3) is 0 Å². The van der Waals surface area contributed by atoms with Gasteiger partial charge in [-0.1, -0.05) is 13.0 Å². The number of aromatic nitrogens is 2. The summed E-state index contributed by atoms with van der Waals surface area (Å²) in [4.78, 5) is 0. The molecule has 0 aliphatic rings. The minimum absolute atomic E-state index is 0.0431. The summed E-state index contributed by atoms with van der Waals surface area (Å²) >= 11 is 6.51. The molecule has 8 heteroatoms. The quantitative estimate of drug-likeness (QED) is 0.438. The van der Waals surface area contributed by atoms with E-state index in [1.54, 1.807) is 10.9 Å². The largest absolute Gasteiger partial charge is 0.271 e. The Hall–Kier alpha value is -0.830. The first-order valence-electron chi connectivity index (χ1n) is 6.32. The third kappa shape index (κ3) is 3.18. The Morgan fingerprint density at radius 1 is 1.38 bits per heavy atom. The maximum atomic E-state index is 13.8. The fourth-order valence-corrected chi connectivity index (χ4v) is 3.20. The second-order valence-corrected chi connectivity index (χ2v) is 6.11. The third-order valence-corrected chi connectivity index (χ3v) is 4.50. The minimum Gasteiger partial charge on any atom is -0.271 e. The van der Waals surface area contributed by atoms with Crippen LogP contribution in [0, 0.1) is 11.6 Å². The van der Waals surface area contributed by atoms with Crippen LogP contribution in [0.2, 0.25) is 0 Å². The van der Waals surface area contributed by atoms with E-state index in [-0.39, 0.29) is 4.47 Å². The normalized spacial score (nSPS) is 12.7. The predicted molar refractivity (Wildman–Crippen MR) is 83.4 cm³/mol. The van der Waals surface area contributed by atoms with Gasteiger partial charge in [0.05, 0.1) is 26.9 Å². The Morgan fingerprint density at radius 3 is 2.71 bits per heavy atom. The molecule has 0 radical (unpaired) electrons. The number of nitrogens with zero attached hydrogens (tertiary/aromatic N) is 2. The molecule has 0 amide bonds. The van der Waals surface area contributed by atoms with Gasteiger partial charge in [-0.15, -0.1) is 0 Å². The van der Waals surface area contributed by atoms with Crippen molar-refractivity contribution in [3.8, 4) is 0 Å². The van der Waals surface area contributed by atoms with Gasteiger partial charge < -0.3 is 0 Å². The summed E-state index contributed by atoms with van der Waals surface area (Å²) in [6.45, 7) is 2.72. The molecule has 1 unspecified atom stereocenters. The van der Waals surface area contributed by atoms with Crippen molar-refractivity contribution in [2.45, 2.75) is 25.9 Å². The van der Waals surface area contributed by atoms with Crippen molar-refractivity contribution in [1.29, 1.82) is 0 Å². The fraction of sp³-hybridized carbons (Fsp3) is 0.308. The van der Waals surface area contributed by atoms with E-state index >= 15 is 0 Å². The molecule has 0 saturated carbocycles. The number of hydrogen-bond acceptors (Lipinski definition) is 3. The van der Waals surface area contributed by atoms with Gasteiger partial charge in [-0.25, -0.2) is 14.2 Å². The van der Waals surface area contributed by atoms with E-state index in [4.69, 9.17) is 5.84 Å². The lowest BCUT2D eigenvalue weighted by Crippen LogP contribution is -2.31. The lowest BCUT2D eigenvalue weighted by atomic mass is 10.0. The van der Waals surface area contributed by atoms with Crippen LogP contribution in [0.4, 0.5) is 8.78 Å². The summed E-state index contributed by atoms with van der Waals surface area (Å²) in [5, 5.41) is 4.26. The smallest absolute Gasteiger partial charge is 0.173 e. The molecule has 1 aromatic heterocycles. The van der Waals surface area contributed by atoms with Gasteiger partial charge >= 0.3 is 0 Å². The summed E-state index contributed by atoms with van der Waals surface area (Å²) in [6.07, 6.45) is 2.54.